The summed E-state index contributed by atoms with van der Waals surface area (Å²) in [7, 11) is 3.29. The number of carbonyl (C=O) groups excluding carboxylic acids is 2. The molecule has 0 aromatic carbocycles. The number of ether oxygens (including phenoxy) is 1. The second kappa shape index (κ2) is 7.14. The third-order valence-corrected chi connectivity index (χ3v) is 1.43. The summed E-state index contributed by atoms with van der Waals surface area (Å²) in [4.78, 5) is 23.3. The maximum atomic E-state index is 11.0. The largest absolute Gasteiger partial charge is 0.447 e. The highest BCUT2D eigenvalue weighted by atomic mass is 16.6. The van der Waals surface area contributed by atoms with Gasteiger partial charge in [-0.1, -0.05) is 0 Å². The Morgan fingerprint density at radius 2 is 2.07 bits per heavy atom. The SMILES string of the molecule is CN(C)C(=O)CCNC(=O)OCCO. The van der Waals surface area contributed by atoms with Gasteiger partial charge in [-0.25, -0.2) is 4.79 Å². The first-order valence-corrected chi connectivity index (χ1v) is 4.29. The Labute approximate surface area is 82.8 Å². The summed E-state index contributed by atoms with van der Waals surface area (Å²) in [5, 5.41) is 10.7. The van der Waals surface area contributed by atoms with Crippen molar-refractivity contribution in [3.05, 3.63) is 0 Å². The van der Waals surface area contributed by atoms with Gasteiger partial charge in [-0.05, 0) is 0 Å². The van der Waals surface area contributed by atoms with Gasteiger partial charge in [-0.15, -0.1) is 0 Å². The molecule has 0 bridgehead atoms. The minimum atomic E-state index is -0.620. The fourth-order valence-corrected chi connectivity index (χ4v) is 0.684. The zero-order valence-electron chi connectivity index (χ0n) is 8.45. The van der Waals surface area contributed by atoms with Gasteiger partial charge in [0.1, 0.15) is 6.61 Å². The molecule has 0 fully saturated rings. The van der Waals surface area contributed by atoms with Crippen LogP contribution in [-0.4, -0.2) is 55.9 Å². The molecule has 2 amide bonds. The van der Waals surface area contributed by atoms with Gasteiger partial charge in [0, 0.05) is 27.1 Å². The standard InChI is InChI=1S/C8H16N2O4/c1-10(2)7(12)3-4-9-8(13)14-6-5-11/h11H,3-6H2,1-2H3,(H,9,13). The average molecular weight is 204 g/mol. The van der Waals surface area contributed by atoms with Crippen LogP contribution in [0.1, 0.15) is 6.42 Å². The molecule has 0 unspecified atom stereocenters. The van der Waals surface area contributed by atoms with Gasteiger partial charge < -0.3 is 20.1 Å². The molecule has 2 N–H and O–H groups in total. The lowest BCUT2D eigenvalue weighted by Crippen LogP contribution is -2.31. The summed E-state index contributed by atoms with van der Waals surface area (Å²) in [5.41, 5.74) is 0. The van der Waals surface area contributed by atoms with Crippen LogP contribution in [0, 0.1) is 0 Å². The van der Waals surface area contributed by atoms with Crippen molar-refractivity contribution in [2.24, 2.45) is 0 Å². The van der Waals surface area contributed by atoms with E-state index in [0.717, 1.165) is 0 Å². The van der Waals surface area contributed by atoms with Crippen LogP contribution in [0.5, 0.6) is 0 Å². The molecule has 14 heavy (non-hydrogen) atoms. The fourth-order valence-electron chi connectivity index (χ4n) is 0.684. The molecule has 6 heteroatoms. The molecular formula is C8H16N2O4. The lowest BCUT2D eigenvalue weighted by molar-refractivity contribution is -0.128. The van der Waals surface area contributed by atoms with Crippen LogP contribution in [0.15, 0.2) is 0 Å². The Bertz CT molecular complexity index is 194. The van der Waals surface area contributed by atoms with Crippen LogP contribution >= 0.6 is 0 Å². The molecule has 0 aliphatic heterocycles. The van der Waals surface area contributed by atoms with Gasteiger partial charge in [-0.3, -0.25) is 4.79 Å². The van der Waals surface area contributed by atoms with E-state index in [1.54, 1.807) is 14.1 Å². The molecule has 82 valence electrons. The quantitative estimate of drug-likeness (QED) is 0.613. The van der Waals surface area contributed by atoms with E-state index in [2.05, 4.69) is 10.1 Å². The summed E-state index contributed by atoms with van der Waals surface area (Å²) in [5.74, 6) is -0.0625. The Hall–Kier alpha value is -1.30. The van der Waals surface area contributed by atoms with Gasteiger partial charge in [0.2, 0.25) is 5.91 Å². The Kier molecular flexibility index (Phi) is 6.47. The number of nitrogens with zero attached hydrogens (tertiary/aromatic N) is 1. The van der Waals surface area contributed by atoms with E-state index in [4.69, 9.17) is 5.11 Å². The first kappa shape index (κ1) is 12.7. The highest BCUT2D eigenvalue weighted by Gasteiger charge is 2.05. The maximum Gasteiger partial charge on any atom is 0.407 e. The van der Waals surface area contributed by atoms with Crippen molar-refractivity contribution in [1.82, 2.24) is 10.2 Å². The molecule has 0 rings (SSSR count). The van der Waals surface area contributed by atoms with Crippen LogP contribution in [-0.2, 0) is 9.53 Å². The topological polar surface area (TPSA) is 78.9 Å². The fraction of sp³-hybridized carbons (Fsp3) is 0.750. The first-order chi connectivity index (χ1) is 6.57. The molecule has 0 atom stereocenters. The number of carbonyl (C=O) groups is 2. The van der Waals surface area contributed by atoms with Crippen molar-refractivity contribution in [3.63, 3.8) is 0 Å². The monoisotopic (exact) mass is 204 g/mol. The van der Waals surface area contributed by atoms with Crippen molar-refractivity contribution >= 4 is 12.0 Å². The van der Waals surface area contributed by atoms with Crippen molar-refractivity contribution in [3.8, 4) is 0 Å². The van der Waals surface area contributed by atoms with Crippen LogP contribution in [0.2, 0.25) is 0 Å². The third kappa shape index (κ3) is 6.24. The van der Waals surface area contributed by atoms with Crippen LogP contribution in [0.3, 0.4) is 0 Å². The highest BCUT2D eigenvalue weighted by Crippen LogP contribution is 1.85. The summed E-state index contributed by atoms with van der Waals surface area (Å²) >= 11 is 0. The lowest BCUT2D eigenvalue weighted by Gasteiger charge is -2.10. The molecule has 6 nitrogen and oxygen atoms in total. The molecule has 0 aliphatic carbocycles. The van der Waals surface area contributed by atoms with E-state index in [0.29, 0.717) is 0 Å². The van der Waals surface area contributed by atoms with E-state index in [1.807, 2.05) is 0 Å². The molecule has 0 aromatic heterocycles. The van der Waals surface area contributed by atoms with E-state index in [9.17, 15) is 9.59 Å². The van der Waals surface area contributed by atoms with E-state index < -0.39 is 6.09 Å². The molecule has 0 heterocycles. The number of hydrogen-bond donors (Lipinski definition) is 2. The molecule has 0 radical (unpaired) electrons. The number of nitrogens with one attached hydrogen (secondary N) is 1. The number of amides is 2. The van der Waals surface area contributed by atoms with Crippen LogP contribution in [0.25, 0.3) is 0 Å². The zero-order chi connectivity index (χ0) is 11.0. The number of alkyl carbamates (subject to hydrolysis) is 1. The second-order valence-corrected chi connectivity index (χ2v) is 2.82. The van der Waals surface area contributed by atoms with Crippen molar-refractivity contribution in [2.45, 2.75) is 6.42 Å². The van der Waals surface area contributed by atoms with Crippen molar-refractivity contribution < 1.29 is 19.4 Å². The van der Waals surface area contributed by atoms with E-state index >= 15 is 0 Å². The maximum absolute atomic E-state index is 11.0. The number of rotatable bonds is 5. The molecular weight excluding hydrogens is 188 g/mol. The van der Waals surface area contributed by atoms with Gasteiger partial charge in [0.05, 0.1) is 6.61 Å². The average Bonchev–Trinajstić information content (AvgIpc) is 2.14. The van der Waals surface area contributed by atoms with Crippen molar-refractivity contribution in [1.29, 1.82) is 0 Å². The van der Waals surface area contributed by atoms with E-state index in [1.165, 1.54) is 4.90 Å². The Morgan fingerprint density at radius 3 is 2.57 bits per heavy atom. The molecule has 0 saturated heterocycles. The summed E-state index contributed by atoms with van der Waals surface area (Å²) < 4.78 is 4.51. The normalized spacial score (nSPS) is 9.36. The molecule has 0 saturated carbocycles. The smallest absolute Gasteiger partial charge is 0.407 e. The second-order valence-electron chi connectivity index (χ2n) is 2.82. The Morgan fingerprint density at radius 1 is 1.43 bits per heavy atom. The lowest BCUT2D eigenvalue weighted by atomic mass is 10.4. The van der Waals surface area contributed by atoms with Gasteiger partial charge in [0.15, 0.2) is 0 Å². The molecule has 0 aliphatic rings. The number of aliphatic hydroxyl groups excluding tert-OH is 1. The number of hydrogen-bond acceptors (Lipinski definition) is 4. The Balaban J connectivity index is 3.44. The first-order valence-electron chi connectivity index (χ1n) is 4.29. The van der Waals surface area contributed by atoms with Gasteiger partial charge in [0.25, 0.3) is 0 Å². The summed E-state index contributed by atoms with van der Waals surface area (Å²) in [6.07, 6.45) is -0.382. The van der Waals surface area contributed by atoms with Crippen molar-refractivity contribution in [2.75, 3.05) is 33.9 Å². The minimum Gasteiger partial charge on any atom is -0.447 e. The third-order valence-electron chi connectivity index (χ3n) is 1.43. The predicted molar refractivity (Wildman–Crippen MR) is 49.7 cm³/mol. The highest BCUT2D eigenvalue weighted by molar-refractivity contribution is 5.76. The van der Waals surface area contributed by atoms with Crippen LogP contribution in [0.4, 0.5) is 4.79 Å². The molecule has 0 aromatic rings. The van der Waals surface area contributed by atoms with Gasteiger partial charge >= 0.3 is 6.09 Å². The summed E-state index contributed by atoms with van der Waals surface area (Å²) in [6.45, 7) is -0.00121. The van der Waals surface area contributed by atoms with Gasteiger partial charge in [-0.2, -0.15) is 0 Å². The zero-order valence-corrected chi connectivity index (χ0v) is 8.45. The predicted octanol–water partition coefficient (Wildman–Crippen LogP) is -0.817. The van der Waals surface area contributed by atoms with E-state index in [-0.39, 0.29) is 32.1 Å². The molecule has 0 spiro atoms. The minimum absolute atomic E-state index is 0.0343. The van der Waals surface area contributed by atoms with Crippen LogP contribution < -0.4 is 5.32 Å². The number of aliphatic hydroxyl groups is 1. The summed E-state index contributed by atoms with van der Waals surface area (Å²) in [6, 6.07) is 0.